The van der Waals surface area contributed by atoms with Crippen LogP contribution in [0.2, 0.25) is 0 Å². The summed E-state index contributed by atoms with van der Waals surface area (Å²) in [6.07, 6.45) is 0. The number of amides is 2. The molecule has 0 aliphatic carbocycles. The molecular formula is C23H27N5O2. The number of hydrogen-bond acceptors (Lipinski definition) is 5. The number of nitrogens with one attached hydrogen (secondary N) is 1. The number of hydrogen-bond donors (Lipinski definition) is 1. The van der Waals surface area contributed by atoms with Gasteiger partial charge in [-0.15, -0.1) is 0 Å². The first kappa shape index (κ1) is 19.9. The molecule has 1 saturated heterocycles. The molecule has 1 N–H and O–H groups in total. The van der Waals surface area contributed by atoms with Crippen LogP contribution < -0.4 is 15.0 Å². The fourth-order valence-electron chi connectivity index (χ4n) is 3.69. The second-order valence-corrected chi connectivity index (χ2v) is 7.75. The normalized spacial score (nSPS) is 14.1. The number of rotatable bonds is 3. The SMILES string of the molecule is COc1nc2cc(C)c(C)cc2nc1NC(=O)N1CCN(c2cccc(C)c2)CC1. The maximum Gasteiger partial charge on any atom is 0.323 e. The van der Waals surface area contributed by atoms with E-state index in [9.17, 15) is 4.79 Å². The third kappa shape index (κ3) is 4.01. The van der Waals surface area contributed by atoms with E-state index in [1.807, 2.05) is 26.0 Å². The maximum atomic E-state index is 12.9. The lowest BCUT2D eigenvalue weighted by Gasteiger charge is -2.36. The summed E-state index contributed by atoms with van der Waals surface area (Å²) in [6.45, 7) is 9.02. The number of piperazine rings is 1. The van der Waals surface area contributed by atoms with E-state index < -0.39 is 0 Å². The van der Waals surface area contributed by atoms with Gasteiger partial charge in [0.15, 0.2) is 5.82 Å². The molecular weight excluding hydrogens is 378 g/mol. The number of anilines is 2. The zero-order valence-corrected chi connectivity index (χ0v) is 17.9. The van der Waals surface area contributed by atoms with E-state index in [2.05, 4.69) is 51.4 Å². The summed E-state index contributed by atoms with van der Waals surface area (Å²) >= 11 is 0. The van der Waals surface area contributed by atoms with Crippen molar-refractivity contribution in [3.8, 4) is 5.88 Å². The molecule has 2 heterocycles. The average Bonchev–Trinajstić information content (AvgIpc) is 2.74. The summed E-state index contributed by atoms with van der Waals surface area (Å²) in [5, 5.41) is 2.89. The van der Waals surface area contributed by atoms with Crippen molar-refractivity contribution in [1.29, 1.82) is 0 Å². The van der Waals surface area contributed by atoms with Gasteiger partial charge in [0, 0.05) is 31.9 Å². The Balaban J connectivity index is 1.47. The van der Waals surface area contributed by atoms with E-state index in [-0.39, 0.29) is 6.03 Å². The fourth-order valence-corrected chi connectivity index (χ4v) is 3.69. The Morgan fingerprint density at radius 2 is 1.63 bits per heavy atom. The molecule has 0 saturated carbocycles. The van der Waals surface area contributed by atoms with Gasteiger partial charge >= 0.3 is 6.03 Å². The number of carbonyl (C=O) groups excluding carboxylic acids is 1. The van der Waals surface area contributed by atoms with Crippen LogP contribution in [-0.2, 0) is 0 Å². The minimum absolute atomic E-state index is 0.185. The number of aromatic nitrogens is 2. The minimum atomic E-state index is -0.185. The standard InChI is InChI=1S/C23H27N5O2/c1-15-6-5-7-18(12-15)27-8-10-28(11-9-27)23(29)26-21-22(30-4)25-20-14-17(3)16(2)13-19(20)24-21/h5-7,12-14H,8-11H2,1-4H3,(H,24,26,29). The van der Waals surface area contributed by atoms with Gasteiger partial charge in [-0.05, 0) is 61.7 Å². The molecule has 156 valence electrons. The zero-order valence-electron chi connectivity index (χ0n) is 17.9. The molecule has 7 heteroatoms. The Morgan fingerprint density at radius 1 is 0.967 bits per heavy atom. The average molecular weight is 406 g/mol. The first-order valence-corrected chi connectivity index (χ1v) is 10.1. The van der Waals surface area contributed by atoms with Gasteiger partial charge < -0.3 is 14.5 Å². The van der Waals surface area contributed by atoms with Crippen LogP contribution in [0.5, 0.6) is 5.88 Å². The zero-order chi connectivity index (χ0) is 21.3. The predicted molar refractivity (Wildman–Crippen MR) is 120 cm³/mol. The van der Waals surface area contributed by atoms with Crippen molar-refractivity contribution >= 4 is 28.6 Å². The number of fused-ring (bicyclic) bond motifs is 1. The van der Waals surface area contributed by atoms with Crippen LogP contribution in [0.15, 0.2) is 36.4 Å². The van der Waals surface area contributed by atoms with Crippen molar-refractivity contribution in [3.05, 3.63) is 53.1 Å². The fraction of sp³-hybridized carbons (Fsp3) is 0.348. The van der Waals surface area contributed by atoms with Gasteiger partial charge in [0.25, 0.3) is 5.88 Å². The second-order valence-electron chi connectivity index (χ2n) is 7.75. The van der Waals surface area contributed by atoms with Crippen molar-refractivity contribution < 1.29 is 9.53 Å². The summed E-state index contributed by atoms with van der Waals surface area (Å²) in [6, 6.07) is 12.2. The molecule has 2 amide bonds. The molecule has 0 atom stereocenters. The van der Waals surface area contributed by atoms with E-state index in [1.165, 1.54) is 18.4 Å². The van der Waals surface area contributed by atoms with Crippen molar-refractivity contribution in [2.75, 3.05) is 43.5 Å². The number of nitrogens with zero attached hydrogens (tertiary/aromatic N) is 4. The van der Waals surface area contributed by atoms with E-state index in [4.69, 9.17) is 4.74 Å². The lowest BCUT2D eigenvalue weighted by molar-refractivity contribution is 0.208. The summed E-state index contributed by atoms with van der Waals surface area (Å²) in [5.41, 5.74) is 6.19. The van der Waals surface area contributed by atoms with E-state index in [0.29, 0.717) is 24.8 Å². The second kappa shape index (κ2) is 8.18. The summed E-state index contributed by atoms with van der Waals surface area (Å²) in [5.74, 6) is 0.664. The molecule has 0 spiro atoms. The van der Waals surface area contributed by atoms with Crippen LogP contribution in [0.4, 0.5) is 16.3 Å². The summed E-state index contributed by atoms with van der Waals surface area (Å²) in [7, 11) is 1.53. The number of carbonyl (C=O) groups is 1. The quantitative estimate of drug-likeness (QED) is 0.715. The Morgan fingerprint density at radius 3 is 2.27 bits per heavy atom. The molecule has 1 aromatic heterocycles. The van der Waals surface area contributed by atoms with Gasteiger partial charge in [-0.3, -0.25) is 5.32 Å². The van der Waals surface area contributed by atoms with Crippen LogP contribution >= 0.6 is 0 Å². The Bertz CT molecular complexity index is 1090. The van der Waals surface area contributed by atoms with Crippen LogP contribution in [0, 0.1) is 20.8 Å². The lowest BCUT2D eigenvalue weighted by atomic mass is 10.1. The first-order valence-electron chi connectivity index (χ1n) is 10.1. The van der Waals surface area contributed by atoms with Crippen LogP contribution in [-0.4, -0.2) is 54.2 Å². The highest BCUT2D eigenvalue weighted by molar-refractivity contribution is 5.91. The predicted octanol–water partition coefficient (Wildman–Crippen LogP) is 3.92. The molecule has 4 rings (SSSR count). The Labute approximate surface area is 176 Å². The largest absolute Gasteiger partial charge is 0.478 e. The highest BCUT2D eigenvalue weighted by atomic mass is 16.5. The summed E-state index contributed by atoms with van der Waals surface area (Å²) in [4.78, 5) is 26.1. The number of benzene rings is 2. The molecule has 0 unspecified atom stereocenters. The molecule has 1 aliphatic heterocycles. The molecule has 1 fully saturated rings. The molecule has 1 aliphatic rings. The molecule has 0 radical (unpaired) electrons. The smallest absolute Gasteiger partial charge is 0.323 e. The van der Waals surface area contributed by atoms with Crippen molar-refractivity contribution in [2.45, 2.75) is 20.8 Å². The van der Waals surface area contributed by atoms with Crippen molar-refractivity contribution in [1.82, 2.24) is 14.9 Å². The number of aryl methyl sites for hydroxylation is 3. The molecule has 7 nitrogen and oxygen atoms in total. The van der Waals surface area contributed by atoms with Gasteiger partial charge in [0.1, 0.15) is 0 Å². The van der Waals surface area contributed by atoms with Crippen molar-refractivity contribution in [2.24, 2.45) is 0 Å². The monoisotopic (exact) mass is 405 g/mol. The maximum absolute atomic E-state index is 12.9. The highest BCUT2D eigenvalue weighted by Crippen LogP contribution is 2.26. The van der Waals surface area contributed by atoms with Gasteiger partial charge in [-0.1, -0.05) is 12.1 Å². The van der Waals surface area contributed by atoms with Gasteiger partial charge in [0.2, 0.25) is 0 Å². The number of methoxy groups -OCH3 is 1. The van der Waals surface area contributed by atoms with Crippen LogP contribution in [0.3, 0.4) is 0 Å². The van der Waals surface area contributed by atoms with Gasteiger partial charge in [-0.25, -0.2) is 14.8 Å². The van der Waals surface area contributed by atoms with Crippen molar-refractivity contribution in [3.63, 3.8) is 0 Å². The number of urea groups is 1. The molecule has 30 heavy (non-hydrogen) atoms. The highest BCUT2D eigenvalue weighted by Gasteiger charge is 2.23. The minimum Gasteiger partial charge on any atom is -0.478 e. The van der Waals surface area contributed by atoms with E-state index in [0.717, 1.165) is 35.2 Å². The Hall–Kier alpha value is -3.35. The molecule has 2 aromatic carbocycles. The summed E-state index contributed by atoms with van der Waals surface area (Å²) < 4.78 is 5.38. The molecule has 3 aromatic rings. The van der Waals surface area contributed by atoms with Crippen LogP contribution in [0.1, 0.15) is 16.7 Å². The van der Waals surface area contributed by atoms with Gasteiger partial charge in [0.05, 0.1) is 18.1 Å². The van der Waals surface area contributed by atoms with Crippen LogP contribution in [0.25, 0.3) is 11.0 Å². The lowest BCUT2D eigenvalue weighted by Crippen LogP contribution is -2.50. The van der Waals surface area contributed by atoms with E-state index >= 15 is 0 Å². The van der Waals surface area contributed by atoms with Gasteiger partial charge in [-0.2, -0.15) is 0 Å². The first-order chi connectivity index (χ1) is 14.4. The Kier molecular flexibility index (Phi) is 5.44. The van der Waals surface area contributed by atoms with E-state index in [1.54, 1.807) is 4.90 Å². The third-order valence-corrected chi connectivity index (χ3v) is 5.60. The topological polar surface area (TPSA) is 70.6 Å². The number of ether oxygens (including phenoxy) is 1. The third-order valence-electron chi connectivity index (χ3n) is 5.60. The molecule has 0 bridgehead atoms.